The van der Waals surface area contributed by atoms with E-state index in [4.69, 9.17) is 9.73 Å². The van der Waals surface area contributed by atoms with Crippen LogP contribution in [0.15, 0.2) is 53.0 Å². The molecule has 5 nitrogen and oxygen atoms in total. The lowest BCUT2D eigenvalue weighted by molar-refractivity contribution is 0.303. The van der Waals surface area contributed by atoms with E-state index in [0.29, 0.717) is 0 Å². The maximum absolute atomic E-state index is 5.50. The molecule has 0 unspecified atom stereocenters. The number of nitrogens with zero attached hydrogens (tertiary/aromatic N) is 2. The number of pyridine rings is 1. The number of aliphatic imine (C=N–C) groups is 1. The van der Waals surface area contributed by atoms with Crippen molar-refractivity contribution in [2.45, 2.75) is 13.8 Å². The minimum atomic E-state index is 0.753. The summed E-state index contributed by atoms with van der Waals surface area (Å²) >= 11 is 0. The number of aryl methyl sites for hydroxylation is 2. The van der Waals surface area contributed by atoms with Gasteiger partial charge in [0.1, 0.15) is 11.5 Å². The molecule has 24 heavy (non-hydrogen) atoms. The normalized spacial score (nSPS) is 15.9. The molecule has 0 amide bonds. The van der Waals surface area contributed by atoms with E-state index in [1.54, 1.807) is 13.3 Å². The number of methoxy groups -OCH3 is 1. The Labute approximate surface area is 139 Å². The third-order valence-electron chi connectivity index (χ3n) is 4.12. The highest BCUT2D eigenvalue weighted by molar-refractivity contribution is 6.12. The summed E-state index contributed by atoms with van der Waals surface area (Å²) < 4.78 is 5.50. The Bertz CT molecular complexity index is 984. The predicted octanol–water partition coefficient (Wildman–Crippen LogP) is 3.88. The molecule has 0 fully saturated rings. The average Bonchev–Trinajstić information content (AvgIpc) is 3.24. The number of hydrogen-bond donors (Lipinski definition) is 2. The molecule has 0 aliphatic carbocycles. The van der Waals surface area contributed by atoms with Crippen LogP contribution >= 0.6 is 0 Å². The van der Waals surface area contributed by atoms with Gasteiger partial charge in [0.15, 0.2) is 0 Å². The Balaban J connectivity index is 1.77. The molecular formula is C19H18N4O. The van der Waals surface area contributed by atoms with Gasteiger partial charge < -0.3 is 14.7 Å². The first kappa shape index (κ1) is 14.5. The van der Waals surface area contributed by atoms with Crippen molar-refractivity contribution in [3.8, 4) is 0 Å². The Kier molecular flexibility index (Phi) is 3.34. The molecule has 2 N–H and O–H groups in total. The molecular weight excluding hydrogens is 300 g/mol. The molecule has 3 aromatic rings. The first-order chi connectivity index (χ1) is 11.6. The number of hydrogen-bond acceptors (Lipinski definition) is 3. The Morgan fingerprint density at radius 3 is 2.75 bits per heavy atom. The van der Waals surface area contributed by atoms with Gasteiger partial charge in [-0.25, -0.2) is 4.99 Å². The van der Waals surface area contributed by atoms with Gasteiger partial charge in [-0.05, 0) is 49.8 Å². The van der Waals surface area contributed by atoms with Gasteiger partial charge in [0.25, 0.3) is 0 Å². The van der Waals surface area contributed by atoms with E-state index in [0.717, 1.165) is 45.3 Å². The minimum absolute atomic E-state index is 0.753. The zero-order chi connectivity index (χ0) is 16.7. The minimum Gasteiger partial charge on any atom is -0.494 e. The van der Waals surface area contributed by atoms with Crippen LogP contribution in [0, 0.1) is 13.8 Å². The molecule has 0 atom stereocenters. The molecule has 4 rings (SSSR count). The monoisotopic (exact) mass is 318 g/mol. The lowest BCUT2D eigenvalue weighted by atomic mass is 10.2. The van der Waals surface area contributed by atoms with Crippen molar-refractivity contribution in [3.05, 3.63) is 70.6 Å². The van der Waals surface area contributed by atoms with Crippen LogP contribution in [-0.2, 0) is 4.74 Å². The fraction of sp³-hybridized carbons (Fsp3) is 0.158. The summed E-state index contributed by atoms with van der Waals surface area (Å²) in [4.78, 5) is 15.8. The van der Waals surface area contributed by atoms with Gasteiger partial charge >= 0.3 is 0 Å². The van der Waals surface area contributed by atoms with Crippen molar-refractivity contribution in [1.82, 2.24) is 15.0 Å². The molecule has 0 saturated heterocycles. The van der Waals surface area contributed by atoms with Crippen molar-refractivity contribution >= 4 is 22.8 Å². The number of H-pyrrole nitrogens is 2. The number of ether oxygens (including phenoxy) is 1. The molecule has 0 bridgehead atoms. The van der Waals surface area contributed by atoms with E-state index < -0.39 is 0 Å². The van der Waals surface area contributed by atoms with E-state index in [1.165, 1.54) is 5.56 Å². The number of allylic oxidation sites excluding steroid dienone is 1. The number of aromatic amines is 2. The molecule has 0 radical (unpaired) electrons. The third kappa shape index (κ3) is 2.44. The van der Waals surface area contributed by atoms with E-state index in [-0.39, 0.29) is 0 Å². The Morgan fingerprint density at radius 2 is 2.04 bits per heavy atom. The second-order valence-corrected chi connectivity index (χ2v) is 5.91. The fourth-order valence-electron chi connectivity index (χ4n) is 2.95. The summed E-state index contributed by atoms with van der Waals surface area (Å²) in [5, 5.41) is 0. The van der Waals surface area contributed by atoms with Crippen LogP contribution in [0.5, 0.6) is 0 Å². The van der Waals surface area contributed by atoms with Gasteiger partial charge in [-0.15, -0.1) is 0 Å². The summed E-state index contributed by atoms with van der Waals surface area (Å²) in [6.07, 6.45) is 5.75. The largest absolute Gasteiger partial charge is 0.494 e. The fourth-order valence-corrected chi connectivity index (χ4v) is 2.95. The summed E-state index contributed by atoms with van der Waals surface area (Å²) in [5.74, 6) is 0.753. The number of rotatable bonds is 3. The summed E-state index contributed by atoms with van der Waals surface area (Å²) in [6, 6.07) is 8.04. The van der Waals surface area contributed by atoms with Crippen LogP contribution in [0.1, 0.15) is 22.6 Å². The van der Waals surface area contributed by atoms with Gasteiger partial charge in [0.05, 0.1) is 29.5 Å². The van der Waals surface area contributed by atoms with E-state index >= 15 is 0 Å². The molecule has 0 spiro atoms. The van der Waals surface area contributed by atoms with Crippen LogP contribution in [0.2, 0.25) is 0 Å². The third-order valence-corrected chi connectivity index (χ3v) is 4.12. The van der Waals surface area contributed by atoms with Gasteiger partial charge in [-0.2, -0.15) is 0 Å². The topological polar surface area (TPSA) is 66.1 Å². The first-order valence-electron chi connectivity index (χ1n) is 7.81. The first-order valence-corrected chi connectivity index (χ1v) is 7.81. The number of aromatic nitrogens is 3. The molecule has 120 valence electrons. The van der Waals surface area contributed by atoms with Crippen molar-refractivity contribution in [1.29, 1.82) is 0 Å². The highest BCUT2D eigenvalue weighted by atomic mass is 16.5. The maximum Gasteiger partial charge on any atom is 0.146 e. The zero-order valence-electron chi connectivity index (χ0n) is 13.8. The number of fused-ring (bicyclic) bond motifs is 1. The van der Waals surface area contributed by atoms with Gasteiger partial charge in [-0.3, -0.25) is 4.98 Å². The van der Waals surface area contributed by atoms with Gasteiger partial charge in [-0.1, -0.05) is 0 Å². The van der Waals surface area contributed by atoms with Gasteiger partial charge in [0, 0.05) is 23.7 Å². The van der Waals surface area contributed by atoms with E-state index in [2.05, 4.69) is 27.9 Å². The molecule has 0 aromatic carbocycles. The summed E-state index contributed by atoms with van der Waals surface area (Å²) in [6.45, 7) is 4.12. The summed E-state index contributed by atoms with van der Waals surface area (Å²) in [7, 11) is 1.66. The Hall–Kier alpha value is -3.08. The number of nitrogens with one attached hydrogen (secondary N) is 2. The maximum atomic E-state index is 5.50. The standard InChI is InChI=1S/C19H18N4O/c1-11-7-12(2)21-14(11)8-18-19(24-3)10-17(23-18)16-9-15-13(22-16)5-4-6-20-15/h4-10,21-22H,1-3H3. The van der Waals surface area contributed by atoms with Crippen LogP contribution < -0.4 is 0 Å². The molecule has 4 heterocycles. The Morgan fingerprint density at radius 1 is 1.17 bits per heavy atom. The lowest BCUT2D eigenvalue weighted by Crippen LogP contribution is -1.93. The average molecular weight is 318 g/mol. The molecule has 0 saturated carbocycles. The van der Waals surface area contributed by atoms with Crippen LogP contribution in [0.3, 0.4) is 0 Å². The van der Waals surface area contributed by atoms with Crippen LogP contribution in [0.4, 0.5) is 0 Å². The quantitative estimate of drug-likeness (QED) is 0.769. The van der Waals surface area contributed by atoms with Crippen molar-refractivity contribution in [3.63, 3.8) is 0 Å². The second-order valence-electron chi connectivity index (χ2n) is 5.91. The van der Waals surface area contributed by atoms with E-state index in [1.807, 2.05) is 37.3 Å². The van der Waals surface area contributed by atoms with Crippen molar-refractivity contribution < 1.29 is 4.74 Å². The SMILES string of the molecule is COC1=CC(c2cc3ncccc3[nH]2)=NC1=Cc1[nH]c(C)cc1C. The second kappa shape index (κ2) is 5.53. The molecule has 1 aliphatic rings. The van der Waals surface area contributed by atoms with Crippen molar-refractivity contribution in [2.24, 2.45) is 4.99 Å². The molecule has 1 aliphatic heterocycles. The molecule has 5 heteroatoms. The predicted molar refractivity (Wildman–Crippen MR) is 96.0 cm³/mol. The highest BCUT2D eigenvalue weighted by Crippen LogP contribution is 2.26. The summed E-state index contributed by atoms with van der Waals surface area (Å²) in [5.41, 5.74) is 7.88. The molecule has 3 aromatic heterocycles. The van der Waals surface area contributed by atoms with E-state index in [9.17, 15) is 0 Å². The zero-order valence-corrected chi connectivity index (χ0v) is 13.8. The van der Waals surface area contributed by atoms with Crippen LogP contribution in [-0.4, -0.2) is 27.8 Å². The van der Waals surface area contributed by atoms with Gasteiger partial charge in [0.2, 0.25) is 0 Å². The van der Waals surface area contributed by atoms with Crippen LogP contribution in [0.25, 0.3) is 17.1 Å². The van der Waals surface area contributed by atoms with Crippen molar-refractivity contribution in [2.75, 3.05) is 7.11 Å². The highest BCUT2D eigenvalue weighted by Gasteiger charge is 2.18. The lowest BCUT2D eigenvalue weighted by Gasteiger charge is -2.01. The smallest absolute Gasteiger partial charge is 0.146 e.